The summed E-state index contributed by atoms with van der Waals surface area (Å²) in [5.74, 6) is 0.951. The van der Waals surface area contributed by atoms with Crippen molar-refractivity contribution in [3.8, 4) is 5.75 Å². The molecule has 0 aliphatic carbocycles. The molecule has 4 heteroatoms. The van der Waals surface area contributed by atoms with E-state index in [1.54, 1.807) is 11.8 Å². The van der Waals surface area contributed by atoms with Crippen molar-refractivity contribution in [2.45, 2.75) is 11.3 Å². The smallest absolute Gasteiger partial charge is 0.268 e. The molecule has 3 nitrogen and oxygen atoms in total. The third kappa shape index (κ3) is 2.63. The van der Waals surface area contributed by atoms with Gasteiger partial charge in [0.2, 0.25) is 5.43 Å². The molecule has 25 heavy (non-hydrogen) atoms. The highest BCUT2D eigenvalue weighted by Crippen LogP contribution is 2.36. The van der Waals surface area contributed by atoms with Crippen LogP contribution in [0.25, 0.3) is 21.5 Å². The summed E-state index contributed by atoms with van der Waals surface area (Å²) < 4.78 is 5.02. The van der Waals surface area contributed by atoms with Gasteiger partial charge in [-0.3, -0.25) is 9.59 Å². The van der Waals surface area contributed by atoms with Gasteiger partial charge in [0.25, 0.3) is 5.43 Å². The maximum Gasteiger partial charge on any atom is 0.268 e. The molecule has 0 amide bonds. The van der Waals surface area contributed by atoms with E-state index >= 15 is 0 Å². The Hall–Kier alpha value is -2.59. The third-order valence-corrected chi connectivity index (χ3v) is 5.62. The van der Waals surface area contributed by atoms with E-state index in [9.17, 15) is 9.59 Å². The fourth-order valence-corrected chi connectivity index (χ4v) is 4.44. The van der Waals surface area contributed by atoms with Gasteiger partial charge in [-0.25, -0.2) is 0 Å². The van der Waals surface area contributed by atoms with E-state index < -0.39 is 10.9 Å². The lowest BCUT2D eigenvalue weighted by Crippen LogP contribution is -2.36. The quantitative estimate of drug-likeness (QED) is 0.311. The molecule has 0 fully saturated rings. The molecule has 124 valence electrons. The Morgan fingerprint density at radius 2 is 1.48 bits per heavy atom. The minimum atomic E-state index is -0.502. The maximum absolute atomic E-state index is 11.7. The lowest BCUT2D eigenvalue weighted by atomic mass is 10.0. The van der Waals surface area contributed by atoms with Gasteiger partial charge in [-0.2, -0.15) is 0 Å². The molecule has 4 aromatic rings. The molecule has 0 aliphatic heterocycles. The van der Waals surface area contributed by atoms with Gasteiger partial charge in [-0.05, 0) is 34.0 Å². The highest BCUT2D eigenvalue weighted by atomic mass is 32.2. The number of hydrogen-bond acceptors (Lipinski definition) is 4. The molecule has 0 saturated heterocycles. The Labute approximate surface area is 148 Å². The normalized spacial score (nSPS) is 11.4. The van der Waals surface area contributed by atoms with Gasteiger partial charge in [-0.1, -0.05) is 48.5 Å². The number of fused-ring (bicyclic) bond motifs is 2. The minimum Gasteiger partial charge on any atom is -0.492 e. The van der Waals surface area contributed by atoms with Crippen LogP contribution >= 0.6 is 11.8 Å². The number of benzene rings is 3. The van der Waals surface area contributed by atoms with Crippen LogP contribution in [0.1, 0.15) is 5.56 Å². The van der Waals surface area contributed by atoms with E-state index in [-0.39, 0.29) is 5.75 Å². The summed E-state index contributed by atoms with van der Waals surface area (Å²) in [4.78, 5) is 24.4. The Morgan fingerprint density at radius 3 is 2.08 bits per heavy atom. The Bertz CT molecular complexity index is 1100. The van der Waals surface area contributed by atoms with Crippen molar-refractivity contribution in [3.63, 3.8) is 0 Å². The maximum atomic E-state index is 11.7. The molecule has 0 bridgehead atoms. The van der Waals surface area contributed by atoms with Crippen LogP contribution in [0.4, 0.5) is 0 Å². The SMILES string of the molecule is COc1c(CCSc2c3ccccc3cc3ccccc23)c(=O)c1=O. The largest absolute Gasteiger partial charge is 0.492 e. The lowest BCUT2D eigenvalue weighted by molar-refractivity contribution is 0.399. The molecule has 4 rings (SSSR count). The molecule has 0 heterocycles. The zero-order valence-electron chi connectivity index (χ0n) is 13.7. The van der Waals surface area contributed by atoms with Gasteiger partial charge in [0, 0.05) is 10.6 Å². The van der Waals surface area contributed by atoms with Gasteiger partial charge < -0.3 is 4.74 Å². The van der Waals surface area contributed by atoms with Crippen molar-refractivity contribution in [2.24, 2.45) is 0 Å². The molecule has 0 radical (unpaired) electrons. The second-order valence-electron chi connectivity index (χ2n) is 5.92. The van der Waals surface area contributed by atoms with Crippen LogP contribution in [0.15, 0.2) is 69.1 Å². The number of rotatable bonds is 5. The summed E-state index contributed by atoms with van der Waals surface area (Å²) in [7, 11) is 1.44. The van der Waals surface area contributed by atoms with E-state index in [0.29, 0.717) is 12.0 Å². The van der Waals surface area contributed by atoms with Gasteiger partial charge >= 0.3 is 0 Å². The zero-order valence-corrected chi connectivity index (χ0v) is 14.6. The van der Waals surface area contributed by atoms with Crippen molar-refractivity contribution in [3.05, 3.63) is 80.6 Å². The summed E-state index contributed by atoms with van der Waals surface area (Å²) in [5, 5.41) is 4.83. The summed E-state index contributed by atoms with van der Waals surface area (Å²) in [6.07, 6.45) is 0.538. The van der Waals surface area contributed by atoms with Crippen LogP contribution in [0.3, 0.4) is 0 Å². The average Bonchev–Trinajstić information content (AvgIpc) is 2.66. The van der Waals surface area contributed by atoms with Crippen LogP contribution in [0, 0.1) is 0 Å². The van der Waals surface area contributed by atoms with Crippen molar-refractivity contribution in [2.75, 3.05) is 12.9 Å². The van der Waals surface area contributed by atoms with E-state index in [4.69, 9.17) is 4.74 Å². The zero-order chi connectivity index (χ0) is 17.4. The van der Waals surface area contributed by atoms with Crippen molar-refractivity contribution < 1.29 is 4.74 Å². The van der Waals surface area contributed by atoms with Gasteiger partial charge in [0.1, 0.15) is 0 Å². The van der Waals surface area contributed by atoms with Gasteiger partial charge in [0.15, 0.2) is 5.75 Å². The summed E-state index contributed by atoms with van der Waals surface area (Å²) in [6.45, 7) is 0. The average molecular weight is 348 g/mol. The number of hydrogen-bond donors (Lipinski definition) is 0. The number of methoxy groups -OCH3 is 1. The Morgan fingerprint density at radius 1 is 0.880 bits per heavy atom. The number of ether oxygens (including phenoxy) is 1. The van der Waals surface area contributed by atoms with Crippen molar-refractivity contribution >= 4 is 33.3 Å². The molecule has 0 aromatic heterocycles. The van der Waals surface area contributed by atoms with Crippen LogP contribution in [-0.4, -0.2) is 12.9 Å². The standard InChI is InChI=1S/C21H16O3S/c1-24-20-17(18(22)19(20)23)10-11-25-21-15-8-4-2-6-13(15)12-14-7-3-5-9-16(14)21/h2-9,12H,10-11H2,1H3. The fraction of sp³-hybridized carbons (Fsp3) is 0.143. The third-order valence-electron chi connectivity index (χ3n) is 4.49. The predicted octanol–water partition coefficient (Wildman–Crippen LogP) is 3.93. The summed E-state index contributed by atoms with van der Waals surface area (Å²) in [6, 6.07) is 18.9. The van der Waals surface area contributed by atoms with Crippen LogP contribution in [-0.2, 0) is 6.42 Å². The van der Waals surface area contributed by atoms with Gasteiger partial charge in [0.05, 0.1) is 12.7 Å². The monoisotopic (exact) mass is 348 g/mol. The highest BCUT2D eigenvalue weighted by molar-refractivity contribution is 7.99. The molecule has 0 spiro atoms. The molecule has 0 aliphatic rings. The van der Waals surface area contributed by atoms with Crippen molar-refractivity contribution in [1.29, 1.82) is 0 Å². The molecule has 0 saturated carbocycles. The first-order chi connectivity index (χ1) is 12.2. The predicted molar refractivity (Wildman–Crippen MR) is 104 cm³/mol. The van der Waals surface area contributed by atoms with E-state index in [0.717, 1.165) is 5.75 Å². The Balaban J connectivity index is 1.69. The Kier molecular flexibility index (Phi) is 4.06. The fourth-order valence-electron chi connectivity index (χ4n) is 3.24. The molecular formula is C21H16O3S. The number of thioether (sulfide) groups is 1. The minimum absolute atomic E-state index is 0.230. The topological polar surface area (TPSA) is 43.4 Å². The van der Waals surface area contributed by atoms with E-state index in [2.05, 4.69) is 30.3 Å². The summed E-state index contributed by atoms with van der Waals surface area (Å²) in [5.41, 5.74) is -0.386. The lowest BCUT2D eigenvalue weighted by Gasteiger charge is -2.12. The molecule has 0 N–H and O–H groups in total. The van der Waals surface area contributed by atoms with E-state index in [1.807, 2.05) is 24.3 Å². The van der Waals surface area contributed by atoms with Crippen LogP contribution in [0.2, 0.25) is 0 Å². The second-order valence-corrected chi connectivity index (χ2v) is 7.02. The van der Waals surface area contributed by atoms with Crippen LogP contribution in [0.5, 0.6) is 5.75 Å². The first-order valence-corrected chi connectivity index (χ1v) is 9.08. The first-order valence-electron chi connectivity index (χ1n) is 8.10. The second kappa shape index (κ2) is 6.37. The molecule has 0 unspecified atom stereocenters. The molecular weight excluding hydrogens is 332 g/mol. The molecule has 0 atom stereocenters. The van der Waals surface area contributed by atoms with Gasteiger partial charge in [-0.15, -0.1) is 11.8 Å². The van der Waals surface area contributed by atoms with Crippen LogP contribution < -0.4 is 15.6 Å². The molecule has 4 aromatic carbocycles. The van der Waals surface area contributed by atoms with E-state index in [1.165, 1.54) is 33.6 Å². The highest BCUT2D eigenvalue weighted by Gasteiger charge is 2.21. The van der Waals surface area contributed by atoms with Crippen molar-refractivity contribution in [1.82, 2.24) is 0 Å². The summed E-state index contributed by atoms with van der Waals surface area (Å²) >= 11 is 1.72. The first kappa shape index (κ1) is 15.9.